The summed E-state index contributed by atoms with van der Waals surface area (Å²) in [6.45, 7) is 6.52. The van der Waals surface area contributed by atoms with E-state index in [4.69, 9.17) is 21.1 Å². The maximum atomic E-state index is 13.7. The van der Waals surface area contributed by atoms with E-state index in [0.29, 0.717) is 30.1 Å². The van der Waals surface area contributed by atoms with Crippen LogP contribution in [0, 0.1) is 5.92 Å². The molecule has 1 aromatic heterocycles. The third-order valence-corrected chi connectivity index (χ3v) is 8.51. The zero-order valence-corrected chi connectivity index (χ0v) is 25.1. The number of rotatable bonds is 10. The third-order valence-electron chi connectivity index (χ3n) is 8.27. The van der Waals surface area contributed by atoms with Gasteiger partial charge in [0.25, 0.3) is 5.91 Å². The zero-order valence-electron chi connectivity index (χ0n) is 24.3. The van der Waals surface area contributed by atoms with Gasteiger partial charge in [0.2, 0.25) is 5.91 Å². The lowest BCUT2D eigenvalue weighted by Gasteiger charge is -2.41. The Labute approximate surface area is 247 Å². The first-order valence-electron chi connectivity index (χ1n) is 15.0. The molecule has 3 aromatic rings. The van der Waals surface area contributed by atoms with Crippen LogP contribution in [-0.2, 0) is 27.1 Å². The number of halogens is 1. The highest BCUT2D eigenvalue weighted by atomic mass is 35.5. The van der Waals surface area contributed by atoms with Crippen LogP contribution in [0.15, 0.2) is 48.5 Å². The standard InChI is InChI=1S/C33H42ClN3O4/c1-4-5-6-7-12-25-19-26(41-33(2,3)40-25)20-35-31(38)27-16-21-10-8-9-11-22(21)17-29(27)37-32(39)30-18-23-15-24(34)13-14-28(23)36-30/h8-11,13-15,18,25-27,29,36H,4-7,12,16-17,19-20H2,1-3H3,(H,35,38)(H,37,39)/t25-,26-,27+,29+/m0/s1. The molecule has 7 nitrogen and oxygen atoms in total. The molecule has 1 aliphatic carbocycles. The molecule has 1 saturated heterocycles. The van der Waals surface area contributed by atoms with E-state index in [0.717, 1.165) is 41.3 Å². The molecule has 41 heavy (non-hydrogen) atoms. The van der Waals surface area contributed by atoms with E-state index in [-0.39, 0.29) is 30.1 Å². The number of benzene rings is 2. The molecule has 8 heteroatoms. The van der Waals surface area contributed by atoms with E-state index < -0.39 is 11.7 Å². The lowest BCUT2D eigenvalue weighted by molar-refractivity contribution is -0.299. The van der Waals surface area contributed by atoms with Gasteiger partial charge in [0.15, 0.2) is 5.79 Å². The van der Waals surface area contributed by atoms with Crippen molar-refractivity contribution < 1.29 is 19.1 Å². The molecule has 2 amide bonds. The first-order chi connectivity index (χ1) is 19.7. The summed E-state index contributed by atoms with van der Waals surface area (Å²) in [7, 11) is 0. The van der Waals surface area contributed by atoms with Crippen molar-refractivity contribution in [2.75, 3.05) is 6.54 Å². The van der Waals surface area contributed by atoms with Crippen molar-refractivity contribution in [1.29, 1.82) is 0 Å². The molecule has 0 spiro atoms. The van der Waals surface area contributed by atoms with Gasteiger partial charge in [-0.3, -0.25) is 9.59 Å². The van der Waals surface area contributed by atoms with Gasteiger partial charge >= 0.3 is 0 Å². The maximum absolute atomic E-state index is 13.7. The van der Waals surface area contributed by atoms with Gasteiger partial charge < -0.3 is 25.1 Å². The third kappa shape index (κ3) is 7.51. The first-order valence-corrected chi connectivity index (χ1v) is 15.4. The van der Waals surface area contributed by atoms with Crippen LogP contribution in [0.1, 0.15) is 80.9 Å². The Kier molecular flexibility index (Phi) is 9.37. The van der Waals surface area contributed by atoms with Crippen LogP contribution in [0.5, 0.6) is 0 Å². The molecule has 2 aromatic carbocycles. The number of carbonyl (C=O) groups excluding carboxylic acids is 2. The molecule has 2 aliphatic rings. The average Bonchev–Trinajstić information content (AvgIpc) is 3.36. The van der Waals surface area contributed by atoms with E-state index in [1.807, 2.05) is 38.1 Å². The molecular formula is C33H42ClN3O4. The molecule has 0 unspecified atom stereocenters. The van der Waals surface area contributed by atoms with E-state index in [1.54, 1.807) is 12.1 Å². The van der Waals surface area contributed by atoms with E-state index in [1.165, 1.54) is 19.3 Å². The SMILES string of the molecule is CCCCCC[C@H]1C[C@@H](CNC(=O)[C@@H]2Cc3ccccc3C[C@H]2NC(=O)c2cc3cc(Cl)ccc3[nH]2)OC(C)(C)O1. The quantitative estimate of drug-likeness (QED) is 0.245. The summed E-state index contributed by atoms with van der Waals surface area (Å²) < 4.78 is 12.4. The lowest BCUT2D eigenvalue weighted by atomic mass is 9.79. The number of carbonyl (C=O) groups is 2. The highest BCUT2D eigenvalue weighted by molar-refractivity contribution is 6.31. The summed E-state index contributed by atoms with van der Waals surface area (Å²) in [5, 5.41) is 7.81. The van der Waals surface area contributed by atoms with Crippen molar-refractivity contribution in [2.24, 2.45) is 5.92 Å². The van der Waals surface area contributed by atoms with Crippen molar-refractivity contribution in [3.8, 4) is 0 Å². The van der Waals surface area contributed by atoms with Crippen molar-refractivity contribution in [3.05, 3.63) is 70.4 Å². The summed E-state index contributed by atoms with van der Waals surface area (Å²) in [4.78, 5) is 30.2. The summed E-state index contributed by atoms with van der Waals surface area (Å²) in [6.07, 6.45) is 7.71. The van der Waals surface area contributed by atoms with Crippen LogP contribution >= 0.6 is 11.6 Å². The number of hydrogen-bond donors (Lipinski definition) is 3. The number of aromatic nitrogens is 1. The molecular weight excluding hydrogens is 538 g/mol. The molecule has 0 radical (unpaired) electrons. The monoisotopic (exact) mass is 579 g/mol. The van der Waals surface area contributed by atoms with Crippen LogP contribution < -0.4 is 10.6 Å². The maximum Gasteiger partial charge on any atom is 0.267 e. The van der Waals surface area contributed by atoms with Gasteiger partial charge in [-0.2, -0.15) is 0 Å². The lowest BCUT2D eigenvalue weighted by Crippen LogP contribution is -2.53. The van der Waals surface area contributed by atoms with E-state index >= 15 is 0 Å². The van der Waals surface area contributed by atoms with Gasteiger partial charge in [-0.05, 0) is 68.5 Å². The molecule has 1 aliphatic heterocycles. The molecule has 2 heterocycles. The van der Waals surface area contributed by atoms with Crippen molar-refractivity contribution in [2.45, 2.75) is 96.2 Å². The summed E-state index contributed by atoms with van der Waals surface area (Å²) in [5.41, 5.74) is 3.59. The molecule has 5 rings (SSSR count). The van der Waals surface area contributed by atoms with Gasteiger partial charge in [-0.15, -0.1) is 0 Å². The minimum absolute atomic E-state index is 0.0689. The number of H-pyrrole nitrogens is 1. The molecule has 4 atom stereocenters. The number of aromatic amines is 1. The second-order valence-electron chi connectivity index (χ2n) is 12.0. The highest BCUT2D eigenvalue weighted by Crippen LogP contribution is 2.30. The number of hydrogen-bond acceptors (Lipinski definition) is 4. The predicted molar refractivity (Wildman–Crippen MR) is 162 cm³/mol. The fraction of sp³-hybridized carbons (Fsp3) is 0.515. The molecule has 1 fully saturated rings. The fourth-order valence-electron chi connectivity index (χ4n) is 6.28. The van der Waals surface area contributed by atoms with Crippen molar-refractivity contribution >= 4 is 34.3 Å². The van der Waals surface area contributed by atoms with Crippen LogP contribution in [0.25, 0.3) is 10.9 Å². The minimum Gasteiger partial charge on any atom is -0.353 e. The first kappa shape index (κ1) is 29.6. The van der Waals surface area contributed by atoms with Gasteiger partial charge in [-0.25, -0.2) is 0 Å². The van der Waals surface area contributed by atoms with Crippen molar-refractivity contribution in [1.82, 2.24) is 15.6 Å². The van der Waals surface area contributed by atoms with Gasteiger partial charge in [0.05, 0.1) is 18.1 Å². The predicted octanol–water partition coefficient (Wildman–Crippen LogP) is 6.33. The second kappa shape index (κ2) is 13.0. The van der Waals surface area contributed by atoms with E-state index in [9.17, 15) is 9.59 Å². The Hall–Kier alpha value is -2.87. The van der Waals surface area contributed by atoms with Gasteiger partial charge in [0, 0.05) is 34.9 Å². The van der Waals surface area contributed by atoms with Crippen molar-refractivity contribution in [3.63, 3.8) is 0 Å². The number of ether oxygens (including phenoxy) is 2. The number of nitrogens with one attached hydrogen (secondary N) is 3. The second-order valence-corrected chi connectivity index (χ2v) is 12.4. The zero-order chi connectivity index (χ0) is 29.0. The van der Waals surface area contributed by atoms with Crippen LogP contribution in [0.3, 0.4) is 0 Å². The topological polar surface area (TPSA) is 92.5 Å². The Bertz CT molecular complexity index is 1370. The minimum atomic E-state index is -0.687. The van der Waals surface area contributed by atoms with Crippen LogP contribution in [-0.4, -0.2) is 47.4 Å². The normalized spacial score (nSPS) is 23.6. The summed E-state index contributed by atoms with van der Waals surface area (Å²) in [5.74, 6) is -1.39. The smallest absolute Gasteiger partial charge is 0.267 e. The Morgan fingerprint density at radius 1 is 1.00 bits per heavy atom. The van der Waals surface area contributed by atoms with Gasteiger partial charge in [0.1, 0.15) is 5.69 Å². The molecule has 0 bridgehead atoms. The highest BCUT2D eigenvalue weighted by Gasteiger charge is 2.38. The average molecular weight is 580 g/mol. The largest absolute Gasteiger partial charge is 0.353 e. The fourth-order valence-corrected chi connectivity index (χ4v) is 6.46. The Balaban J connectivity index is 1.25. The molecule has 3 N–H and O–H groups in total. The summed E-state index contributed by atoms with van der Waals surface area (Å²) in [6, 6.07) is 15.1. The summed E-state index contributed by atoms with van der Waals surface area (Å²) >= 11 is 6.13. The molecule has 0 saturated carbocycles. The number of amides is 2. The van der Waals surface area contributed by atoms with Crippen LogP contribution in [0.2, 0.25) is 5.02 Å². The Morgan fingerprint density at radius 3 is 2.54 bits per heavy atom. The van der Waals surface area contributed by atoms with Crippen LogP contribution in [0.4, 0.5) is 0 Å². The number of fused-ring (bicyclic) bond motifs is 2. The van der Waals surface area contributed by atoms with Gasteiger partial charge in [-0.1, -0.05) is 68.5 Å². The molecule has 220 valence electrons. The Morgan fingerprint density at radius 2 is 1.76 bits per heavy atom. The van der Waals surface area contributed by atoms with E-state index in [2.05, 4.69) is 34.7 Å². The number of unbranched alkanes of at least 4 members (excludes halogenated alkanes) is 3.